The summed E-state index contributed by atoms with van der Waals surface area (Å²) in [7, 11) is 0. The standard InChI is InChI=1S/C20H30O2/c1-19-8-7-16-14(15(19)6-4-13(19)11-21)5-3-12-9-17-18(22-17)10-20(12,16)2/h11-18H,3-10H2,1-2H3/t12-,13?,14-,15-,16-,17-,18?,19+,20-/m0/s1. The predicted molar refractivity (Wildman–Crippen MR) is 85.3 cm³/mol. The Bertz CT molecular complexity index is 502. The average molecular weight is 302 g/mol. The van der Waals surface area contributed by atoms with Crippen LogP contribution in [0, 0.1) is 40.4 Å². The summed E-state index contributed by atoms with van der Waals surface area (Å²) in [6.07, 6.45) is 13.1. The molecule has 2 heteroatoms. The molecule has 1 heterocycles. The largest absolute Gasteiger partial charge is 0.370 e. The van der Waals surface area contributed by atoms with Gasteiger partial charge in [0.15, 0.2) is 0 Å². The highest BCUT2D eigenvalue weighted by Gasteiger charge is 2.63. The Balaban J connectivity index is 1.46. The third kappa shape index (κ3) is 1.63. The molecular weight excluding hydrogens is 272 g/mol. The molecule has 2 nitrogen and oxygen atoms in total. The molecule has 0 aromatic rings. The maximum Gasteiger partial charge on any atom is 0.123 e. The van der Waals surface area contributed by atoms with E-state index in [0.29, 0.717) is 29.0 Å². The van der Waals surface area contributed by atoms with Crippen molar-refractivity contribution in [3.05, 3.63) is 0 Å². The van der Waals surface area contributed by atoms with Crippen molar-refractivity contribution in [3.63, 3.8) is 0 Å². The first-order valence-electron chi connectivity index (χ1n) is 9.67. The number of fused-ring (bicyclic) bond motifs is 6. The van der Waals surface area contributed by atoms with E-state index in [9.17, 15) is 4.79 Å². The first kappa shape index (κ1) is 14.0. The fourth-order valence-electron chi connectivity index (χ4n) is 7.78. The molecule has 4 aliphatic carbocycles. The molecular formula is C20H30O2. The third-order valence-electron chi connectivity index (χ3n) is 9.15. The lowest BCUT2D eigenvalue weighted by Gasteiger charge is -2.59. The lowest BCUT2D eigenvalue weighted by atomic mass is 9.45. The molecule has 0 bridgehead atoms. The second kappa shape index (κ2) is 4.37. The van der Waals surface area contributed by atoms with E-state index in [1.165, 1.54) is 51.2 Å². The molecule has 1 aliphatic heterocycles. The van der Waals surface area contributed by atoms with Crippen molar-refractivity contribution in [1.29, 1.82) is 0 Å². The Labute approximate surface area is 134 Å². The molecule has 0 aromatic carbocycles. The SMILES string of the molecule is C[C@]12CC3O[C@H]3C[C@@H]1CC[C@@H]1[C@@H]2CC[C@]2(C)C(C=O)CC[C@@H]12. The van der Waals surface area contributed by atoms with Crippen molar-refractivity contribution in [3.8, 4) is 0 Å². The molecule has 5 rings (SSSR count). The van der Waals surface area contributed by atoms with E-state index in [-0.39, 0.29) is 0 Å². The lowest BCUT2D eigenvalue weighted by Crippen LogP contribution is -2.53. The maximum atomic E-state index is 11.6. The van der Waals surface area contributed by atoms with Gasteiger partial charge in [-0.05, 0) is 85.9 Å². The number of ether oxygens (including phenoxy) is 1. The molecule has 2 unspecified atom stereocenters. The Morgan fingerprint density at radius 1 is 0.955 bits per heavy atom. The highest BCUT2D eigenvalue weighted by Crippen LogP contribution is 2.68. The summed E-state index contributed by atoms with van der Waals surface area (Å²) in [6.45, 7) is 5.04. The average Bonchev–Trinajstić information content (AvgIpc) is 3.14. The van der Waals surface area contributed by atoms with E-state index in [4.69, 9.17) is 4.74 Å². The molecule has 9 atom stereocenters. The first-order valence-corrected chi connectivity index (χ1v) is 9.67. The zero-order chi connectivity index (χ0) is 15.1. The van der Waals surface area contributed by atoms with Gasteiger partial charge >= 0.3 is 0 Å². The topological polar surface area (TPSA) is 29.6 Å². The highest BCUT2D eigenvalue weighted by molar-refractivity contribution is 5.56. The fraction of sp³-hybridized carbons (Fsp3) is 0.950. The van der Waals surface area contributed by atoms with Gasteiger partial charge in [-0.2, -0.15) is 0 Å². The zero-order valence-electron chi connectivity index (χ0n) is 14.1. The minimum Gasteiger partial charge on any atom is -0.370 e. The highest BCUT2D eigenvalue weighted by atomic mass is 16.6. The number of aldehydes is 1. The molecule has 0 aromatic heterocycles. The summed E-state index contributed by atoms with van der Waals surface area (Å²) in [4.78, 5) is 11.6. The predicted octanol–water partition coefficient (Wildman–Crippen LogP) is 4.22. The number of carbonyl (C=O) groups is 1. The van der Waals surface area contributed by atoms with E-state index in [2.05, 4.69) is 13.8 Å². The van der Waals surface area contributed by atoms with Crippen LogP contribution in [0.3, 0.4) is 0 Å². The van der Waals surface area contributed by atoms with E-state index in [1.807, 2.05) is 0 Å². The van der Waals surface area contributed by atoms with E-state index in [1.54, 1.807) is 0 Å². The Kier molecular flexibility index (Phi) is 2.79. The molecule has 1 saturated heterocycles. The van der Waals surface area contributed by atoms with Crippen LogP contribution in [0.15, 0.2) is 0 Å². The lowest BCUT2D eigenvalue weighted by molar-refractivity contribution is -0.124. The zero-order valence-corrected chi connectivity index (χ0v) is 14.1. The molecule has 0 amide bonds. The number of hydrogen-bond acceptors (Lipinski definition) is 2. The van der Waals surface area contributed by atoms with Gasteiger partial charge < -0.3 is 9.53 Å². The summed E-state index contributed by atoms with van der Waals surface area (Å²) in [5.74, 6) is 3.86. The van der Waals surface area contributed by atoms with Crippen LogP contribution in [0.1, 0.15) is 65.2 Å². The summed E-state index contributed by atoms with van der Waals surface area (Å²) in [5, 5.41) is 0. The molecule has 0 N–H and O–H groups in total. The number of hydrogen-bond donors (Lipinski definition) is 0. The van der Waals surface area contributed by atoms with Gasteiger partial charge in [-0.1, -0.05) is 13.8 Å². The number of epoxide rings is 1. The van der Waals surface area contributed by atoms with Crippen LogP contribution < -0.4 is 0 Å². The molecule has 122 valence electrons. The summed E-state index contributed by atoms with van der Waals surface area (Å²) in [5.41, 5.74) is 0.848. The third-order valence-corrected chi connectivity index (χ3v) is 9.15. The number of carbonyl (C=O) groups excluding carboxylic acids is 1. The summed E-state index contributed by atoms with van der Waals surface area (Å²) in [6, 6.07) is 0. The van der Waals surface area contributed by atoms with Crippen LogP contribution in [-0.2, 0) is 9.53 Å². The molecule has 0 radical (unpaired) electrons. The smallest absolute Gasteiger partial charge is 0.123 e. The Morgan fingerprint density at radius 3 is 2.59 bits per heavy atom. The van der Waals surface area contributed by atoms with Gasteiger partial charge in [0.05, 0.1) is 12.2 Å². The van der Waals surface area contributed by atoms with Crippen LogP contribution in [0.2, 0.25) is 0 Å². The number of rotatable bonds is 1. The van der Waals surface area contributed by atoms with Gasteiger partial charge in [0.25, 0.3) is 0 Å². The van der Waals surface area contributed by atoms with E-state index >= 15 is 0 Å². The molecule has 0 spiro atoms. The molecule has 22 heavy (non-hydrogen) atoms. The van der Waals surface area contributed by atoms with Crippen molar-refractivity contribution in [2.45, 2.75) is 77.4 Å². The van der Waals surface area contributed by atoms with Gasteiger partial charge in [-0.15, -0.1) is 0 Å². The normalized spacial score (nSPS) is 62.4. The first-order chi connectivity index (χ1) is 10.6. The van der Waals surface area contributed by atoms with Crippen LogP contribution >= 0.6 is 0 Å². The molecule has 4 saturated carbocycles. The van der Waals surface area contributed by atoms with Crippen LogP contribution in [-0.4, -0.2) is 18.5 Å². The van der Waals surface area contributed by atoms with Crippen molar-refractivity contribution in [1.82, 2.24) is 0 Å². The van der Waals surface area contributed by atoms with Gasteiger partial charge in [0.2, 0.25) is 0 Å². The van der Waals surface area contributed by atoms with Crippen LogP contribution in [0.25, 0.3) is 0 Å². The summed E-state index contributed by atoms with van der Waals surface area (Å²) >= 11 is 0. The van der Waals surface area contributed by atoms with Gasteiger partial charge in [0, 0.05) is 5.92 Å². The maximum absolute atomic E-state index is 11.6. The van der Waals surface area contributed by atoms with Gasteiger partial charge in [-0.3, -0.25) is 0 Å². The minimum atomic E-state index is 0.319. The Hall–Kier alpha value is -0.370. The van der Waals surface area contributed by atoms with Crippen molar-refractivity contribution in [2.75, 3.05) is 0 Å². The van der Waals surface area contributed by atoms with Gasteiger partial charge in [-0.25, -0.2) is 0 Å². The minimum absolute atomic E-state index is 0.319. The van der Waals surface area contributed by atoms with Gasteiger partial charge in [0.1, 0.15) is 6.29 Å². The fourth-order valence-corrected chi connectivity index (χ4v) is 7.78. The summed E-state index contributed by atoms with van der Waals surface area (Å²) < 4.78 is 5.91. The second-order valence-electron chi connectivity index (χ2n) is 9.67. The van der Waals surface area contributed by atoms with Crippen LogP contribution in [0.4, 0.5) is 0 Å². The Morgan fingerprint density at radius 2 is 1.77 bits per heavy atom. The van der Waals surface area contributed by atoms with Crippen molar-refractivity contribution in [2.24, 2.45) is 40.4 Å². The molecule has 5 aliphatic rings. The van der Waals surface area contributed by atoms with E-state index < -0.39 is 0 Å². The van der Waals surface area contributed by atoms with E-state index in [0.717, 1.165) is 30.1 Å². The monoisotopic (exact) mass is 302 g/mol. The second-order valence-corrected chi connectivity index (χ2v) is 9.67. The quantitative estimate of drug-likeness (QED) is 0.536. The van der Waals surface area contributed by atoms with Crippen molar-refractivity contribution >= 4 is 6.29 Å². The van der Waals surface area contributed by atoms with Crippen molar-refractivity contribution < 1.29 is 9.53 Å². The van der Waals surface area contributed by atoms with Crippen LogP contribution in [0.5, 0.6) is 0 Å². The molecule has 5 fully saturated rings.